The highest BCUT2D eigenvalue weighted by Gasteiger charge is 2.86. The fraction of sp³-hybridized carbons (Fsp3) is 1.00. The lowest BCUT2D eigenvalue weighted by molar-refractivity contribution is -0.172. The highest BCUT2D eigenvalue weighted by atomic mass is 16.3. The first-order valence-electron chi connectivity index (χ1n) is 5.07. The summed E-state index contributed by atoms with van der Waals surface area (Å²) in [5.74, 6) is 7.91. The van der Waals surface area contributed by atoms with Crippen LogP contribution in [-0.4, -0.2) is 11.2 Å². The van der Waals surface area contributed by atoms with Crippen LogP contribution in [0, 0.1) is 47.3 Å². The van der Waals surface area contributed by atoms with E-state index in [2.05, 4.69) is 0 Å². The lowest BCUT2D eigenvalue weighted by atomic mass is 9.41. The van der Waals surface area contributed by atoms with Gasteiger partial charge < -0.3 is 5.11 Å². The van der Waals surface area contributed by atoms with Gasteiger partial charge in [-0.05, 0) is 53.8 Å². The molecule has 0 spiro atoms. The summed E-state index contributed by atoms with van der Waals surface area (Å²) in [7, 11) is 0. The van der Waals surface area contributed by atoms with Crippen LogP contribution >= 0.6 is 0 Å². The molecular formula is C10H12O. The summed E-state index contributed by atoms with van der Waals surface area (Å²) < 4.78 is 0. The zero-order chi connectivity index (χ0) is 6.90. The van der Waals surface area contributed by atoms with Gasteiger partial charge in [0.05, 0.1) is 6.10 Å². The van der Waals surface area contributed by atoms with Crippen molar-refractivity contribution >= 4 is 0 Å². The van der Waals surface area contributed by atoms with Crippen molar-refractivity contribution in [2.75, 3.05) is 0 Å². The van der Waals surface area contributed by atoms with Gasteiger partial charge in [-0.15, -0.1) is 0 Å². The third kappa shape index (κ3) is 0.234. The molecule has 0 aliphatic heterocycles. The summed E-state index contributed by atoms with van der Waals surface area (Å²) >= 11 is 0. The third-order valence-electron chi connectivity index (χ3n) is 5.98. The van der Waals surface area contributed by atoms with Crippen molar-refractivity contribution < 1.29 is 5.11 Å². The Hall–Kier alpha value is -0.0400. The highest BCUT2D eigenvalue weighted by molar-refractivity contribution is 5.33. The van der Waals surface area contributed by atoms with Crippen LogP contribution in [0.4, 0.5) is 0 Å². The van der Waals surface area contributed by atoms with Crippen molar-refractivity contribution in [1.29, 1.82) is 0 Å². The Labute approximate surface area is 65.8 Å². The Morgan fingerprint density at radius 3 is 2.00 bits per heavy atom. The first kappa shape index (κ1) is 4.86. The molecule has 1 nitrogen and oxygen atoms in total. The number of rotatable bonds is 0. The molecule has 0 aromatic rings. The van der Waals surface area contributed by atoms with Gasteiger partial charge in [0, 0.05) is 0 Å². The Bertz CT molecular complexity index is 264. The smallest absolute Gasteiger partial charge is 0.0607 e. The van der Waals surface area contributed by atoms with Gasteiger partial charge in [0.2, 0.25) is 0 Å². The van der Waals surface area contributed by atoms with Crippen LogP contribution in [0.1, 0.15) is 6.42 Å². The minimum atomic E-state index is 0.156. The molecule has 58 valence electrons. The van der Waals surface area contributed by atoms with Crippen LogP contribution in [0.25, 0.3) is 0 Å². The fourth-order valence-corrected chi connectivity index (χ4v) is 6.15. The highest BCUT2D eigenvalue weighted by Crippen LogP contribution is 2.88. The third-order valence-corrected chi connectivity index (χ3v) is 5.98. The average molecular weight is 148 g/mol. The minimum absolute atomic E-state index is 0.156. The minimum Gasteiger partial charge on any atom is -0.393 e. The molecule has 6 saturated carbocycles. The zero-order valence-electron chi connectivity index (χ0n) is 6.35. The van der Waals surface area contributed by atoms with Crippen LogP contribution in [-0.2, 0) is 0 Å². The molecule has 0 saturated heterocycles. The van der Waals surface area contributed by atoms with Gasteiger partial charge >= 0.3 is 0 Å². The SMILES string of the molecule is O[C@H]1[C@@H]2[C@H]3[C@H]4C[C@H]5[C@@H]3[C@@H]2[C@H]5[C@H]14. The molecule has 11 heavy (non-hydrogen) atoms. The van der Waals surface area contributed by atoms with Crippen molar-refractivity contribution in [3.63, 3.8) is 0 Å². The Kier molecular flexibility index (Phi) is 0.452. The second-order valence-corrected chi connectivity index (χ2v) is 5.52. The molecule has 6 aliphatic rings. The van der Waals surface area contributed by atoms with Crippen LogP contribution < -0.4 is 0 Å². The molecule has 6 rings (SSSR count). The van der Waals surface area contributed by atoms with Crippen molar-refractivity contribution in [2.24, 2.45) is 47.3 Å². The maximum absolute atomic E-state index is 9.92. The second-order valence-electron chi connectivity index (χ2n) is 5.52. The van der Waals surface area contributed by atoms with Crippen molar-refractivity contribution in [3.8, 4) is 0 Å². The number of hydrogen-bond donors (Lipinski definition) is 1. The molecule has 9 atom stereocenters. The van der Waals surface area contributed by atoms with Crippen molar-refractivity contribution in [3.05, 3.63) is 0 Å². The molecule has 1 heteroatoms. The lowest BCUT2D eigenvalue weighted by Crippen LogP contribution is -2.60. The summed E-state index contributed by atoms with van der Waals surface area (Å²) in [6.45, 7) is 0. The van der Waals surface area contributed by atoms with E-state index >= 15 is 0 Å². The first-order valence-corrected chi connectivity index (χ1v) is 5.07. The summed E-state index contributed by atoms with van der Waals surface area (Å²) in [4.78, 5) is 0. The molecule has 4 bridgehead atoms. The second kappa shape index (κ2) is 1.02. The molecule has 6 aliphatic carbocycles. The topological polar surface area (TPSA) is 20.2 Å². The van der Waals surface area contributed by atoms with Gasteiger partial charge in [0.1, 0.15) is 0 Å². The molecule has 0 amide bonds. The van der Waals surface area contributed by atoms with Crippen LogP contribution in [0.5, 0.6) is 0 Å². The van der Waals surface area contributed by atoms with E-state index in [9.17, 15) is 5.11 Å². The zero-order valence-corrected chi connectivity index (χ0v) is 6.35. The predicted octanol–water partition coefficient (Wildman–Crippen LogP) is 0.735. The van der Waals surface area contributed by atoms with Crippen molar-refractivity contribution in [2.45, 2.75) is 12.5 Å². The van der Waals surface area contributed by atoms with Gasteiger partial charge in [0.15, 0.2) is 0 Å². The molecule has 1 N–H and O–H groups in total. The number of hydrogen-bond acceptors (Lipinski definition) is 1. The Morgan fingerprint density at radius 2 is 1.36 bits per heavy atom. The maximum atomic E-state index is 9.92. The van der Waals surface area contributed by atoms with Crippen molar-refractivity contribution in [1.82, 2.24) is 0 Å². The molecule has 0 aromatic carbocycles. The van der Waals surface area contributed by atoms with E-state index in [1.807, 2.05) is 0 Å². The Morgan fingerprint density at radius 1 is 0.727 bits per heavy atom. The fourth-order valence-electron chi connectivity index (χ4n) is 6.15. The summed E-state index contributed by atoms with van der Waals surface area (Å²) in [6.07, 6.45) is 1.66. The molecule has 0 unspecified atom stereocenters. The normalized spacial score (nSPS) is 90.8. The largest absolute Gasteiger partial charge is 0.393 e. The number of aliphatic hydroxyl groups is 1. The molecule has 0 radical (unpaired) electrons. The standard InChI is InChI=1S/C10H12O/c11-10-7-3-1-2-4-5(3)9(10)8(4)6(2)7/h2-11H,1H2/t2-,3+,4-,5-,6+,7+,8+,9+,10+/m0/s1. The van der Waals surface area contributed by atoms with E-state index < -0.39 is 0 Å². The van der Waals surface area contributed by atoms with E-state index in [0.717, 1.165) is 47.3 Å². The van der Waals surface area contributed by atoms with E-state index in [1.54, 1.807) is 0 Å². The van der Waals surface area contributed by atoms with E-state index in [0.29, 0.717) is 0 Å². The molecule has 0 heterocycles. The van der Waals surface area contributed by atoms with Gasteiger partial charge in [-0.25, -0.2) is 0 Å². The van der Waals surface area contributed by atoms with Crippen LogP contribution in [0.15, 0.2) is 0 Å². The van der Waals surface area contributed by atoms with E-state index in [4.69, 9.17) is 0 Å². The number of aliphatic hydroxyl groups excluding tert-OH is 1. The predicted molar refractivity (Wildman–Crippen MR) is 38.5 cm³/mol. The first-order chi connectivity index (χ1) is 5.39. The quantitative estimate of drug-likeness (QED) is 0.537. The summed E-state index contributed by atoms with van der Waals surface area (Å²) in [5, 5.41) is 9.92. The van der Waals surface area contributed by atoms with E-state index in [-0.39, 0.29) is 6.10 Å². The average Bonchev–Trinajstić information content (AvgIpc) is 2.40. The molecule has 0 aromatic heterocycles. The van der Waals surface area contributed by atoms with Gasteiger partial charge in [0.25, 0.3) is 0 Å². The molecule has 6 fully saturated rings. The van der Waals surface area contributed by atoms with Gasteiger partial charge in [-0.2, -0.15) is 0 Å². The monoisotopic (exact) mass is 148 g/mol. The summed E-state index contributed by atoms with van der Waals surface area (Å²) in [5.41, 5.74) is 0. The Balaban J connectivity index is 1.88. The van der Waals surface area contributed by atoms with Crippen LogP contribution in [0.3, 0.4) is 0 Å². The molecular weight excluding hydrogens is 136 g/mol. The maximum Gasteiger partial charge on any atom is 0.0607 e. The van der Waals surface area contributed by atoms with Crippen LogP contribution in [0.2, 0.25) is 0 Å². The van der Waals surface area contributed by atoms with E-state index in [1.165, 1.54) is 6.42 Å². The van der Waals surface area contributed by atoms with Gasteiger partial charge in [-0.1, -0.05) is 0 Å². The van der Waals surface area contributed by atoms with Gasteiger partial charge in [-0.3, -0.25) is 0 Å². The lowest BCUT2D eigenvalue weighted by Gasteiger charge is -2.63. The summed E-state index contributed by atoms with van der Waals surface area (Å²) in [6, 6.07) is 0.